The van der Waals surface area contributed by atoms with Crippen molar-refractivity contribution < 1.29 is 14.3 Å². The SMILES string of the molecule is CCN(Cc1ccccc1)C(=O)CNC(=NC)NCCCOCC1CCCO1. The van der Waals surface area contributed by atoms with Crippen molar-refractivity contribution in [2.24, 2.45) is 4.99 Å². The van der Waals surface area contributed by atoms with Crippen LogP contribution in [0.1, 0.15) is 31.7 Å². The van der Waals surface area contributed by atoms with Gasteiger partial charge in [0.25, 0.3) is 0 Å². The first-order valence-electron chi connectivity index (χ1n) is 10.2. The Hall–Kier alpha value is -2.12. The molecule has 0 saturated carbocycles. The van der Waals surface area contributed by atoms with Crippen molar-refractivity contribution in [3.05, 3.63) is 35.9 Å². The standard InChI is InChI=1S/C21H34N4O3/c1-3-25(16-18-9-5-4-6-10-18)20(26)15-24-21(22-2)23-12-8-13-27-17-19-11-7-14-28-19/h4-6,9-10,19H,3,7-8,11-17H2,1-2H3,(H2,22,23,24). The molecule has 1 aromatic carbocycles. The second-order valence-electron chi connectivity index (χ2n) is 6.81. The molecule has 1 unspecified atom stereocenters. The summed E-state index contributed by atoms with van der Waals surface area (Å²) in [5, 5.41) is 6.31. The fraction of sp³-hybridized carbons (Fsp3) is 0.619. The number of aliphatic imine (C=N–C) groups is 1. The van der Waals surface area contributed by atoms with Crippen LogP contribution in [0.25, 0.3) is 0 Å². The smallest absolute Gasteiger partial charge is 0.242 e. The van der Waals surface area contributed by atoms with E-state index in [-0.39, 0.29) is 18.6 Å². The van der Waals surface area contributed by atoms with Crippen LogP contribution in [-0.4, -0.2) is 69.4 Å². The van der Waals surface area contributed by atoms with Crippen molar-refractivity contribution in [3.8, 4) is 0 Å². The van der Waals surface area contributed by atoms with Crippen LogP contribution in [0.3, 0.4) is 0 Å². The summed E-state index contributed by atoms with van der Waals surface area (Å²) in [6.07, 6.45) is 3.38. The Kier molecular flexibility index (Phi) is 10.4. The fourth-order valence-corrected chi connectivity index (χ4v) is 3.04. The van der Waals surface area contributed by atoms with Gasteiger partial charge in [0, 0.05) is 39.9 Å². The highest BCUT2D eigenvalue weighted by Gasteiger charge is 2.15. The van der Waals surface area contributed by atoms with E-state index in [1.165, 1.54) is 0 Å². The average Bonchev–Trinajstić information content (AvgIpc) is 3.25. The van der Waals surface area contributed by atoms with Gasteiger partial charge in [-0.3, -0.25) is 9.79 Å². The lowest BCUT2D eigenvalue weighted by Crippen LogP contribution is -2.44. The van der Waals surface area contributed by atoms with Crippen LogP contribution < -0.4 is 10.6 Å². The van der Waals surface area contributed by atoms with E-state index >= 15 is 0 Å². The number of guanidine groups is 1. The molecule has 1 atom stereocenters. The zero-order valence-electron chi connectivity index (χ0n) is 17.2. The molecule has 1 saturated heterocycles. The van der Waals surface area contributed by atoms with Gasteiger partial charge >= 0.3 is 0 Å². The molecule has 1 aliphatic rings. The van der Waals surface area contributed by atoms with Crippen molar-refractivity contribution in [3.63, 3.8) is 0 Å². The minimum absolute atomic E-state index is 0.0502. The zero-order chi connectivity index (χ0) is 20.0. The number of hydrogen-bond donors (Lipinski definition) is 2. The van der Waals surface area contributed by atoms with E-state index in [0.717, 1.165) is 38.0 Å². The highest BCUT2D eigenvalue weighted by molar-refractivity contribution is 5.86. The maximum Gasteiger partial charge on any atom is 0.242 e. The summed E-state index contributed by atoms with van der Waals surface area (Å²) in [6.45, 7) is 6.45. The average molecular weight is 391 g/mol. The lowest BCUT2D eigenvalue weighted by atomic mass is 10.2. The molecule has 1 amide bonds. The summed E-state index contributed by atoms with van der Waals surface area (Å²) in [7, 11) is 1.70. The largest absolute Gasteiger partial charge is 0.379 e. The normalized spacial score (nSPS) is 16.8. The third-order valence-electron chi connectivity index (χ3n) is 4.67. The third-order valence-corrected chi connectivity index (χ3v) is 4.67. The van der Waals surface area contributed by atoms with Crippen molar-refractivity contribution in [2.75, 3.05) is 46.5 Å². The number of hydrogen-bond acceptors (Lipinski definition) is 4. The van der Waals surface area contributed by atoms with Crippen LogP contribution in [0.5, 0.6) is 0 Å². The Morgan fingerprint density at radius 2 is 2.14 bits per heavy atom. The predicted octanol–water partition coefficient (Wildman–Crippen LogP) is 1.79. The summed E-state index contributed by atoms with van der Waals surface area (Å²) in [5.74, 6) is 0.678. The summed E-state index contributed by atoms with van der Waals surface area (Å²) < 4.78 is 11.2. The van der Waals surface area contributed by atoms with Gasteiger partial charge in [0.2, 0.25) is 5.91 Å². The molecule has 2 N–H and O–H groups in total. The Morgan fingerprint density at radius 3 is 2.82 bits per heavy atom. The van der Waals surface area contributed by atoms with Crippen LogP contribution in [0.2, 0.25) is 0 Å². The Balaban J connectivity index is 1.60. The molecule has 2 rings (SSSR count). The van der Waals surface area contributed by atoms with Crippen LogP contribution in [-0.2, 0) is 20.8 Å². The molecule has 1 aromatic rings. The van der Waals surface area contributed by atoms with Crippen molar-refractivity contribution >= 4 is 11.9 Å². The Bertz CT molecular complexity index is 589. The summed E-state index contributed by atoms with van der Waals surface area (Å²) in [6, 6.07) is 10.0. The predicted molar refractivity (Wildman–Crippen MR) is 111 cm³/mol. The molecule has 0 bridgehead atoms. The maximum absolute atomic E-state index is 12.5. The first-order valence-corrected chi connectivity index (χ1v) is 10.2. The molecular weight excluding hydrogens is 356 g/mol. The number of ether oxygens (including phenoxy) is 2. The van der Waals surface area contributed by atoms with E-state index in [1.807, 2.05) is 42.2 Å². The zero-order valence-corrected chi connectivity index (χ0v) is 17.2. The second-order valence-corrected chi connectivity index (χ2v) is 6.81. The molecule has 0 aromatic heterocycles. The van der Waals surface area contributed by atoms with E-state index in [4.69, 9.17) is 9.47 Å². The maximum atomic E-state index is 12.5. The number of benzene rings is 1. The van der Waals surface area contributed by atoms with Gasteiger partial charge in [0.05, 0.1) is 19.3 Å². The lowest BCUT2D eigenvalue weighted by Gasteiger charge is -2.22. The van der Waals surface area contributed by atoms with E-state index < -0.39 is 0 Å². The highest BCUT2D eigenvalue weighted by atomic mass is 16.5. The number of likely N-dealkylation sites (N-methyl/N-ethyl adjacent to an activating group) is 1. The van der Waals surface area contributed by atoms with E-state index in [2.05, 4.69) is 15.6 Å². The number of nitrogens with one attached hydrogen (secondary N) is 2. The molecule has 28 heavy (non-hydrogen) atoms. The Morgan fingerprint density at radius 1 is 1.32 bits per heavy atom. The van der Waals surface area contributed by atoms with Gasteiger partial charge in [-0.05, 0) is 31.7 Å². The molecular formula is C21H34N4O3. The molecule has 0 radical (unpaired) electrons. The van der Waals surface area contributed by atoms with Crippen LogP contribution >= 0.6 is 0 Å². The van der Waals surface area contributed by atoms with Gasteiger partial charge in [0.15, 0.2) is 5.96 Å². The number of carbonyl (C=O) groups is 1. The first kappa shape index (κ1) is 22.2. The Labute approximate surface area is 168 Å². The monoisotopic (exact) mass is 390 g/mol. The molecule has 1 heterocycles. The van der Waals surface area contributed by atoms with Crippen molar-refractivity contribution in [1.29, 1.82) is 0 Å². The molecule has 0 aliphatic carbocycles. The van der Waals surface area contributed by atoms with Crippen LogP contribution in [0.15, 0.2) is 35.3 Å². The van der Waals surface area contributed by atoms with E-state index in [0.29, 0.717) is 32.3 Å². The number of carbonyl (C=O) groups excluding carboxylic acids is 1. The second kappa shape index (κ2) is 13.1. The summed E-state index contributed by atoms with van der Waals surface area (Å²) in [5.41, 5.74) is 1.13. The first-order chi connectivity index (χ1) is 13.7. The number of amides is 1. The van der Waals surface area contributed by atoms with Gasteiger partial charge < -0.3 is 25.0 Å². The van der Waals surface area contributed by atoms with Crippen LogP contribution in [0, 0.1) is 0 Å². The summed E-state index contributed by atoms with van der Waals surface area (Å²) in [4.78, 5) is 18.5. The molecule has 1 fully saturated rings. The lowest BCUT2D eigenvalue weighted by molar-refractivity contribution is -0.130. The van der Waals surface area contributed by atoms with Crippen molar-refractivity contribution in [2.45, 2.75) is 38.8 Å². The quantitative estimate of drug-likeness (QED) is 0.342. The van der Waals surface area contributed by atoms with Gasteiger partial charge in [-0.15, -0.1) is 0 Å². The van der Waals surface area contributed by atoms with E-state index in [1.54, 1.807) is 7.05 Å². The minimum Gasteiger partial charge on any atom is -0.379 e. The third kappa shape index (κ3) is 8.27. The molecule has 7 heteroatoms. The fourth-order valence-electron chi connectivity index (χ4n) is 3.04. The highest BCUT2D eigenvalue weighted by Crippen LogP contribution is 2.11. The van der Waals surface area contributed by atoms with Gasteiger partial charge in [-0.25, -0.2) is 0 Å². The van der Waals surface area contributed by atoms with Gasteiger partial charge in [-0.1, -0.05) is 30.3 Å². The minimum atomic E-state index is 0.0502. The van der Waals surface area contributed by atoms with Crippen molar-refractivity contribution in [1.82, 2.24) is 15.5 Å². The number of rotatable bonds is 11. The van der Waals surface area contributed by atoms with E-state index in [9.17, 15) is 4.79 Å². The molecule has 7 nitrogen and oxygen atoms in total. The number of nitrogens with zero attached hydrogens (tertiary/aromatic N) is 2. The molecule has 156 valence electrons. The molecule has 0 spiro atoms. The summed E-state index contributed by atoms with van der Waals surface area (Å²) >= 11 is 0. The topological polar surface area (TPSA) is 75.2 Å². The van der Waals surface area contributed by atoms with Crippen LogP contribution in [0.4, 0.5) is 0 Å². The van der Waals surface area contributed by atoms with Gasteiger partial charge in [-0.2, -0.15) is 0 Å². The van der Waals surface area contributed by atoms with Gasteiger partial charge in [0.1, 0.15) is 0 Å². The molecule has 1 aliphatic heterocycles.